The Morgan fingerprint density at radius 2 is 2.26 bits per heavy atom. The van der Waals surface area contributed by atoms with Crippen LogP contribution in [0.15, 0.2) is 35.2 Å². The van der Waals surface area contributed by atoms with Gasteiger partial charge in [0, 0.05) is 13.1 Å². The minimum absolute atomic E-state index is 0.00278. The molecule has 1 aliphatic rings. The molecule has 3 atom stereocenters. The fourth-order valence-electron chi connectivity index (χ4n) is 2.40. The molecule has 1 saturated heterocycles. The first-order chi connectivity index (χ1) is 9.10. The first-order valence-corrected chi connectivity index (χ1v) is 6.90. The van der Waals surface area contributed by atoms with Crippen LogP contribution in [-0.4, -0.2) is 41.0 Å². The summed E-state index contributed by atoms with van der Waals surface area (Å²) < 4.78 is 22.9. The summed E-state index contributed by atoms with van der Waals surface area (Å²) in [4.78, 5) is 3.37. The second-order valence-corrected chi connectivity index (χ2v) is 5.45. The van der Waals surface area contributed by atoms with Gasteiger partial charge in [0.25, 0.3) is 7.98 Å². The van der Waals surface area contributed by atoms with Crippen LogP contribution < -0.4 is 16.4 Å². The molecule has 0 bridgehead atoms. The third-order valence-corrected chi connectivity index (χ3v) is 4.33. The van der Waals surface area contributed by atoms with Gasteiger partial charge in [-0.25, -0.2) is 0 Å². The molecule has 1 aliphatic heterocycles. The normalized spacial score (nSPS) is 29.1. The van der Waals surface area contributed by atoms with Gasteiger partial charge in [-0.3, -0.25) is 4.21 Å². The minimum atomic E-state index is -2.26. The van der Waals surface area contributed by atoms with E-state index in [1.807, 2.05) is 30.3 Å². The molecule has 6 nitrogen and oxygen atoms in total. The third-order valence-electron chi connectivity index (χ3n) is 3.29. The molecule has 19 heavy (non-hydrogen) atoms. The molecular formula is C11H14BN4O2S-. The maximum atomic E-state index is 11.5. The Kier molecular flexibility index (Phi) is 4.23. The molecule has 0 saturated carbocycles. The molecule has 100 valence electrons. The van der Waals surface area contributed by atoms with Gasteiger partial charge < -0.3 is 25.8 Å². The van der Waals surface area contributed by atoms with Gasteiger partial charge in [0.15, 0.2) is 5.96 Å². The maximum absolute atomic E-state index is 11.5. The predicted octanol–water partition coefficient (Wildman–Crippen LogP) is -1.28. The number of guanidine groups is 1. The van der Waals surface area contributed by atoms with Gasteiger partial charge in [-0.15, -0.1) is 0 Å². The van der Waals surface area contributed by atoms with Crippen molar-refractivity contribution in [1.82, 2.24) is 10.6 Å². The minimum Gasteiger partial charge on any atom is -0.772 e. The van der Waals surface area contributed by atoms with Crippen LogP contribution in [0.1, 0.15) is 5.56 Å². The number of nitrogens with one attached hydrogen (secondary N) is 2. The quantitative estimate of drug-likeness (QED) is 0.276. The van der Waals surface area contributed by atoms with Crippen molar-refractivity contribution in [2.75, 3.05) is 13.1 Å². The van der Waals surface area contributed by atoms with Gasteiger partial charge in [0.2, 0.25) is 0 Å². The zero-order chi connectivity index (χ0) is 13.9. The van der Waals surface area contributed by atoms with Crippen LogP contribution >= 0.6 is 0 Å². The summed E-state index contributed by atoms with van der Waals surface area (Å²) in [5.41, 5.74) is 5.58. The lowest BCUT2D eigenvalue weighted by Gasteiger charge is -2.37. The summed E-state index contributed by atoms with van der Waals surface area (Å²) in [6.07, 6.45) is 0. The molecule has 1 heterocycles. The summed E-state index contributed by atoms with van der Waals surface area (Å²) in [5.74, 6) is 0.00278. The van der Waals surface area contributed by atoms with Crippen molar-refractivity contribution >= 4 is 25.0 Å². The standard InChI is InChI=1S/C11H15BN4O2S/c12-16-10(13)15-11(8-4-2-1-3-5-8)7-14-6-9(11)19(17)18/h1-5,9,14H,6-7H2,(H,17,18)(H3,13,15,16)/p-1. The zero-order valence-electron chi connectivity index (χ0n) is 10.2. The average molecular weight is 277 g/mol. The Morgan fingerprint density at radius 3 is 2.84 bits per heavy atom. The molecule has 4 N–H and O–H groups in total. The number of hydrogen-bond donors (Lipinski definition) is 3. The van der Waals surface area contributed by atoms with Crippen LogP contribution in [0.5, 0.6) is 0 Å². The monoisotopic (exact) mass is 277 g/mol. The van der Waals surface area contributed by atoms with E-state index in [0.29, 0.717) is 13.1 Å². The molecule has 1 aromatic rings. The molecule has 0 aliphatic carbocycles. The molecule has 2 rings (SSSR count). The Bertz CT molecular complexity index is 499. The summed E-state index contributed by atoms with van der Waals surface area (Å²) in [6.45, 7) is 0.766. The topological polar surface area (TPSA) is 103 Å². The van der Waals surface area contributed by atoms with E-state index in [1.54, 1.807) is 0 Å². The molecule has 8 heteroatoms. The second-order valence-electron chi connectivity index (χ2n) is 4.36. The highest BCUT2D eigenvalue weighted by Gasteiger charge is 2.45. The fourth-order valence-corrected chi connectivity index (χ4v) is 3.26. The Labute approximate surface area is 115 Å². The van der Waals surface area contributed by atoms with Gasteiger partial charge >= 0.3 is 0 Å². The van der Waals surface area contributed by atoms with E-state index in [9.17, 15) is 8.76 Å². The highest BCUT2D eigenvalue weighted by atomic mass is 32.2. The smallest absolute Gasteiger partial charge is 0.264 e. The van der Waals surface area contributed by atoms with Crippen molar-refractivity contribution < 1.29 is 8.76 Å². The average Bonchev–Trinajstić information content (AvgIpc) is 2.84. The van der Waals surface area contributed by atoms with Crippen molar-refractivity contribution in [1.29, 1.82) is 0 Å². The van der Waals surface area contributed by atoms with Crippen molar-refractivity contribution in [3.05, 3.63) is 35.9 Å². The SMILES string of the molecule is [B]N=C(N)NC1(c2ccccc2)CNCC1S(=O)[O-]. The number of nitrogens with zero attached hydrogens (tertiary/aromatic N) is 1. The Hall–Kier alpha value is -1.38. The first kappa shape index (κ1) is 14.0. The number of rotatable bonds is 3. The molecular weight excluding hydrogens is 263 g/mol. The molecule has 0 aromatic heterocycles. The van der Waals surface area contributed by atoms with E-state index in [4.69, 9.17) is 13.7 Å². The van der Waals surface area contributed by atoms with Gasteiger partial charge in [-0.2, -0.15) is 0 Å². The van der Waals surface area contributed by atoms with Crippen LogP contribution in [0, 0.1) is 0 Å². The molecule has 0 amide bonds. The van der Waals surface area contributed by atoms with E-state index in [0.717, 1.165) is 5.56 Å². The highest BCUT2D eigenvalue weighted by molar-refractivity contribution is 7.79. The lowest BCUT2D eigenvalue weighted by molar-refractivity contribution is 0.416. The van der Waals surface area contributed by atoms with E-state index in [1.165, 1.54) is 0 Å². The molecule has 0 spiro atoms. The van der Waals surface area contributed by atoms with Gasteiger partial charge in [0.1, 0.15) is 0 Å². The van der Waals surface area contributed by atoms with Crippen molar-refractivity contribution in [3.63, 3.8) is 0 Å². The third kappa shape index (κ3) is 2.65. The van der Waals surface area contributed by atoms with E-state index in [-0.39, 0.29) is 5.96 Å². The summed E-state index contributed by atoms with van der Waals surface area (Å²) in [6, 6.07) is 9.26. The van der Waals surface area contributed by atoms with Gasteiger partial charge in [-0.05, 0) is 16.6 Å². The summed E-state index contributed by atoms with van der Waals surface area (Å²) >= 11 is -2.26. The van der Waals surface area contributed by atoms with E-state index >= 15 is 0 Å². The first-order valence-electron chi connectivity index (χ1n) is 5.76. The summed E-state index contributed by atoms with van der Waals surface area (Å²) in [5, 5.41) is 5.35. The predicted molar refractivity (Wildman–Crippen MR) is 74.2 cm³/mol. The van der Waals surface area contributed by atoms with Crippen LogP contribution in [0.25, 0.3) is 0 Å². The summed E-state index contributed by atoms with van der Waals surface area (Å²) in [7, 11) is 5.13. The number of hydrogen-bond acceptors (Lipinski definition) is 4. The van der Waals surface area contributed by atoms with Crippen molar-refractivity contribution in [2.24, 2.45) is 10.6 Å². The lowest BCUT2D eigenvalue weighted by Crippen LogP contribution is -2.57. The van der Waals surface area contributed by atoms with E-state index < -0.39 is 21.9 Å². The van der Waals surface area contributed by atoms with Crippen LogP contribution in [0.3, 0.4) is 0 Å². The van der Waals surface area contributed by atoms with Crippen molar-refractivity contribution in [2.45, 2.75) is 10.8 Å². The van der Waals surface area contributed by atoms with Gasteiger partial charge in [-0.1, -0.05) is 30.3 Å². The van der Waals surface area contributed by atoms with Crippen LogP contribution in [-0.2, 0) is 16.6 Å². The van der Waals surface area contributed by atoms with Gasteiger partial charge in [0.05, 0.1) is 10.8 Å². The van der Waals surface area contributed by atoms with Crippen LogP contribution in [0.2, 0.25) is 0 Å². The van der Waals surface area contributed by atoms with Crippen molar-refractivity contribution in [3.8, 4) is 0 Å². The van der Waals surface area contributed by atoms with Crippen LogP contribution in [0.4, 0.5) is 0 Å². The number of benzene rings is 1. The molecule has 1 fully saturated rings. The molecule has 2 radical (unpaired) electrons. The Balaban J connectivity index is 2.47. The highest BCUT2D eigenvalue weighted by Crippen LogP contribution is 2.30. The fraction of sp³-hybridized carbons (Fsp3) is 0.364. The van der Waals surface area contributed by atoms with E-state index in [2.05, 4.69) is 15.5 Å². The largest absolute Gasteiger partial charge is 0.772 e. The zero-order valence-corrected chi connectivity index (χ0v) is 11.0. The Morgan fingerprint density at radius 1 is 1.58 bits per heavy atom. The second kappa shape index (κ2) is 5.73. The number of nitrogens with two attached hydrogens (primary N) is 1. The molecule has 1 aromatic carbocycles. The maximum Gasteiger partial charge on any atom is 0.264 e. The lowest BCUT2D eigenvalue weighted by atomic mass is 9.88. The molecule has 3 unspecified atom stereocenters.